The monoisotopic (exact) mass is 482 g/mol. The summed E-state index contributed by atoms with van der Waals surface area (Å²) in [6.45, 7) is 3.02. The number of carbonyl (C=O) groups is 2. The number of nitrogens with zero attached hydrogens (tertiary/aromatic N) is 9. The predicted octanol–water partition coefficient (Wildman–Crippen LogP) is 1.23. The molecule has 2 amide bonds. The second-order valence-electron chi connectivity index (χ2n) is 8.45. The topological polar surface area (TPSA) is 133 Å². The van der Waals surface area contributed by atoms with Crippen LogP contribution in [0.3, 0.4) is 0 Å². The minimum atomic E-state index is -0.125. The maximum Gasteiger partial charge on any atom is 0.273 e. The lowest BCUT2D eigenvalue weighted by molar-refractivity contribution is -0.125. The van der Waals surface area contributed by atoms with Gasteiger partial charge in [0.15, 0.2) is 5.82 Å². The highest BCUT2D eigenvalue weighted by Gasteiger charge is 2.27. The minimum absolute atomic E-state index is 0.0712. The second kappa shape index (κ2) is 9.13. The summed E-state index contributed by atoms with van der Waals surface area (Å²) < 4.78 is 1.64. The first kappa shape index (κ1) is 21.8. The van der Waals surface area contributed by atoms with Crippen molar-refractivity contribution < 1.29 is 9.59 Å². The number of nitrogens with one attached hydrogen (secondary N) is 1. The summed E-state index contributed by atoms with van der Waals surface area (Å²) in [5.74, 6) is 0.324. The van der Waals surface area contributed by atoms with Crippen molar-refractivity contribution in [3.05, 3.63) is 54.1 Å². The van der Waals surface area contributed by atoms with Crippen LogP contribution in [0.2, 0.25) is 0 Å². The molecule has 6 rings (SSSR count). The van der Waals surface area contributed by atoms with Crippen LogP contribution in [0.4, 0.5) is 11.5 Å². The van der Waals surface area contributed by atoms with Gasteiger partial charge in [0.25, 0.3) is 11.8 Å². The lowest BCUT2D eigenvalue weighted by atomic mass is 10.1. The summed E-state index contributed by atoms with van der Waals surface area (Å²) in [4.78, 5) is 42.2. The number of piperazine rings is 1. The highest BCUT2D eigenvalue weighted by Crippen LogP contribution is 2.23. The van der Waals surface area contributed by atoms with Crippen molar-refractivity contribution in [1.82, 2.24) is 34.8 Å². The molecule has 4 aromatic rings. The molecule has 0 aliphatic carbocycles. The Morgan fingerprint density at radius 1 is 0.861 bits per heavy atom. The molecule has 0 saturated carbocycles. The molecule has 12 nitrogen and oxygen atoms in total. The Hall–Kier alpha value is -4.74. The molecular weight excluding hydrogens is 460 g/mol. The van der Waals surface area contributed by atoms with Crippen LogP contribution in [0.25, 0.3) is 16.7 Å². The molecule has 12 heteroatoms. The van der Waals surface area contributed by atoms with Crippen LogP contribution in [-0.4, -0.2) is 97.8 Å². The van der Waals surface area contributed by atoms with Crippen molar-refractivity contribution in [2.24, 2.45) is 9.98 Å². The Labute approximate surface area is 205 Å². The number of fused-ring (bicyclic) bond motifs is 3. The van der Waals surface area contributed by atoms with Gasteiger partial charge in [-0.25, -0.2) is 4.98 Å². The SMILES string of the molecule is O=C(C1=NCCN=C1)N1CCN(C(=O)c2ccc(Nc3nc4ccccc4n4nnnc34)cc2)CC1. The molecule has 2 aromatic heterocycles. The molecule has 0 bridgehead atoms. The molecule has 0 unspecified atom stereocenters. The van der Waals surface area contributed by atoms with E-state index in [0.717, 1.165) is 16.7 Å². The third kappa shape index (κ3) is 4.02. The fourth-order valence-electron chi connectivity index (χ4n) is 4.32. The average molecular weight is 483 g/mol. The highest BCUT2D eigenvalue weighted by atomic mass is 16.2. The van der Waals surface area contributed by atoms with Crippen molar-refractivity contribution in [1.29, 1.82) is 0 Å². The van der Waals surface area contributed by atoms with Gasteiger partial charge in [0, 0.05) is 37.4 Å². The smallest absolute Gasteiger partial charge is 0.273 e. The normalized spacial score (nSPS) is 15.8. The Morgan fingerprint density at radius 3 is 2.36 bits per heavy atom. The number of amides is 2. The van der Waals surface area contributed by atoms with E-state index < -0.39 is 0 Å². The molecule has 180 valence electrons. The van der Waals surface area contributed by atoms with Gasteiger partial charge in [-0.1, -0.05) is 12.1 Å². The average Bonchev–Trinajstić information content (AvgIpc) is 3.44. The van der Waals surface area contributed by atoms with Gasteiger partial charge in [0.05, 0.1) is 30.3 Å². The molecule has 2 aliphatic rings. The van der Waals surface area contributed by atoms with Gasteiger partial charge in [-0.15, -0.1) is 5.10 Å². The fraction of sp³-hybridized carbons (Fsp3) is 0.250. The van der Waals surface area contributed by atoms with Crippen molar-refractivity contribution >= 4 is 51.9 Å². The molecule has 0 radical (unpaired) electrons. The lowest BCUT2D eigenvalue weighted by Crippen LogP contribution is -2.52. The molecule has 1 N–H and O–H groups in total. The molecule has 36 heavy (non-hydrogen) atoms. The van der Waals surface area contributed by atoms with Gasteiger partial charge in [0.2, 0.25) is 5.65 Å². The third-order valence-electron chi connectivity index (χ3n) is 6.22. The van der Waals surface area contributed by atoms with Crippen LogP contribution in [0, 0.1) is 0 Å². The number of hydrogen-bond donors (Lipinski definition) is 1. The van der Waals surface area contributed by atoms with E-state index in [0.29, 0.717) is 62.0 Å². The maximum absolute atomic E-state index is 13.0. The van der Waals surface area contributed by atoms with E-state index in [1.165, 1.54) is 6.21 Å². The third-order valence-corrected chi connectivity index (χ3v) is 6.22. The molecular formula is C24H22N10O2. The van der Waals surface area contributed by atoms with E-state index in [1.807, 2.05) is 36.4 Å². The van der Waals surface area contributed by atoms with Crippen LogP contribution < -0.4 is 5.32 Å². The summed E-state index contributed by atoms with van der Waals surface area (Å²) in [6.07, 6.45) is 1.54. The fourth-order valence-corrected chi connectivity index (χ4v) is 4.32. The van der Waals surface area contributed by atoms with Gasteiger partial charge >= 0.3 is 0 Å². The maximum atomic E-state index is 13.0. The largest absolute Gasteiger partial charge is 0.337 e. The van der Waals surface area contributed by atoms with Crippen molar-refractivity contribution in [3.8, 4) is 0 Å². The number of anilines is 2. The Kier molecular flexibility index (Phi) is 5.52. The Morgan fingerprint density at radius 2 is 1.61 bits per heavy atom. The van der Waals surface area contributed by atoms with E-state index in [9.17, 15) is 9.59 Å². The predicted molar refractivity (Wildman–Crippen MR) is 134 cm³/mol. The number of aromatic nitrogens is 5. The molecule has 1 fully saturated rings. The summed E-state index contributed by atoms with van der Waals surface area (Å²) in [5.41, 5.74) is 3.79. The zero-order chi connectivity index (χ0) is 24.5. The zero-order valence-corrected chi connectivity index (χ0v) is 19.3. The lowest BCUT2D eigenvalue weighted by Gasteiger charge is -2.34. The zero-order valence-electron chi connectivity index (χ0n) is 19.3. The van der Waals surface area contributed by atoms with Gasteiger partial charge in [-0.2, -0.15) is 4.52 Å². The highest BCUT2D eigenvalue weighted by molar-refractivity contribution is 6.60. The molecule has 0 spiro atoms. The van der Waals surface area contributed by atoms with Crippen molar-refractivity contribution in [2.75, 3.05) is 44.6 Å². The first-order valence-corrected chi connectivity index (χ1v) is 11.6. The van der Waals surface area contributed by atoms with Gasteiger partial charge < -0.3 is 15.1 Å². The van der Waals surface area contributed by atoms with Gasteiger partial charge in [-0.3, -0.25) is 19.6 Å². The minimum Gasteiger partial charge on any atom is -0.337 e. The van der Waals surface area contributed by atoms with Crippen LogP contribution >= 0.6 is 0 Å². The summed E-state index contributed by atoms with van der Waals surface area (Å²) in [7, 11) is 0. The van der Waals surface area contributed by atoms with E-state index in [1.54, 1.807) is 26.4 Å². The van der Waals surface area contributed by atoms with Gasteiger partial charge in [-0.05, 0) is 46.8 Å². The number of carbonyl (C=O) groups excluding carboxylic acids is 2. The molecule has 1 saturated heterocycles. The van der Waals surface area contributed by atoms with E-state index in [4.69, 9.17) is 0 Å². The van der Waals surface area contributed by atoms with Crippen LogP contribution in [0.5, 0.6) is 0 Å². The number of para-hydroxylation sites is 2. The number of benzene rings is 2. The van der Waals surface area contributed by atoms with Crippen LogP contribution in [-0.2, 0) is 4.79 Å². The first-order valence-electron chi connectivity index (χ1n) is 11.6. The number of rotatable bonds is 4. The standard InChI is InChI=1S/C24H22N10O2/c35-23(32-11-13-33(14-12-32)24(36)19-15-25-9-10-26-19)16-5-7-17(8-6-16)27-21-22-29-30-31-34(22)20-4-2-1-3-18(20)28-21/h1-8,15H,9-14H2,(H,27,28). The summed E-state index contributed by atoms with van der Waals surface area (Å²) in [5, 5.41) is 15.2. The Bertz CT molecular complexity index is 1520. The first-order chi connectivity index (χ1) is 17.7. The van der Waals surface area contributed by atoms with E-state index in [-0.39, 0.29) is 11.8 Å². The quantitative estimate of drug-likeness (QED) is 0.462. The van der Waals surface area contributed by atoms with Gasteiger partial charge in [0.1, 0.15) is 5.71 Å². The molecule has 2 aromatic carbocycles. The second-order valence-corrected chi connectivity index (χ2v) is 8.45. The van der Waals surface area contributed by atoms with E-state index in [2.05, 4.69) is 35.8 Å². The van der Waals surface area contributed by atoms with Crippen molar-refractivity contribution in [2.45, 2.75) is 0 Å². The van der Waals surface area contributed by atoms with Crippen LogP contribution in [0.15, 0.2) is 58.5 Å². The molecule has 0 atom stereocenters. The number of hydrogen-bond acceptors (Lipinski definition) is 9. The summed E-state index contributed by atoms with van der Waals surface area (Å²) in [6, 6.07) is 14.8. The number of aliphatic imine (C=N–C) groups is 2. The molecule has 4 heterocycles. The van der Waals surface area contributed by atoms with E-state index >= 15 is 0 Å². The van der Waals surface area contributed by atoms with Crippen LogP contribution in [0.1, 0.15) is 10.4 Å². The molecule has 2 aliphatic heterocycles. The Balaban J connectivity index is 1.13. The van der Waals surface area contributed by atoms with Crippen molar-refractivity contribution in [3.63, 3.8) is 0 Å². The summed E-state index contributed by atoms with van der Waals surface area (Å²) >= 11 is 0. The number of tetrazole rings is 1.